The number of nitrogens with one attached hydrogen (secondary N) is 1. The summed E-state index contributed by atoms with van der Waals surface area (Å²) in [6.45, 7) is 0. The van der Waals surface area contributed by atoms with Crippen molar-refractivity contribution in [2.75, 3.05) is 23.1 Å². The van der Waals surface area contributed by atoms with Crippen LogP contribution in [0.25, 0.3) is 0 Å². The summed E-state index contributed by atoms with van der Waals surface area (Å²) in [4.78, 5) is 7.12. The van der Waals surface area contributed by atoms with Crippen LogP contribution in [-0.2, 0) is 6.18 Å². The molecule has 0 radical (unpaired) electrons. The largest absolute Gasteiger partial charge is 0.420 e. The van der Waals surface area contributed by atoms with Crippen molar-refractivity contribution in [1.29, 1.82) is 0 Å². The van der Waals surface area contributed by atoms with Crippen molar-refractivity contribution in [3.05, 3.63) is 34.1 Å². The molecule has 11 heteroatoms. The number of anilines is 4. The Morgan fingerprint density at radius 2 is 1.91 bits per heavy atom. The lowest BCUT2D eigenvalue weighted by molar-refractivity contribution is -0.137. The summed E-state index contributed by atoms with van der Waals surface area (Å²) in [6.07, 6.45) is -4.05. The van der Waals surface area contributed by atoms with E-state index in [4.69, 9.17) is 34.8 Å². The van der Waals surface area contributed by atoms with Crippen LogP contribution in [0.5, 0.6) is 0 Å². The quantitative estimate of drug-likeness (QED) is 0.333. The van der Waals surface area contributed by atoms with E-state index >= 15 is 0 Å². The normalized spacial score (nSPS) is 11.4. The van der Waals surface area contributed by atoms with E-state index in [0.717, 1.165) is 0 Å². The molecule has 0 saturated carbocycles. The molecular formula is C12H11Cl2F3N6. The summed E-state index contributed by atoms with van der Waals surface area (Å²) in [5, 5.41) is 3.43. The smallest absolute Gasteiger partial charge is 0.397 e. The number of halogens is 5. The first-order valence-corrected chi connectivity index (χ1v) is 6.79. The Labute approximate surface area is 139 Å². The summed E-state index contributed by atoms with van der Waals surface area (Å²) < 4.78 is 37.8. The van der Waals surface area contributed by atoms with Gasteiger partial charge in [-0.1, -0.05) is 23.2 Å². The molecule has 2 rings (SSSR count). The molecule has 124 valence electrons. The van der Waals surface area contributed by atoms with Gasteiger partial charge in [0.05, 0.1) is 22.1 Å². The second-order valence-corrected chi connectivity index (χ2v) is 5.29. The molecule has 1 heterocycles. The molecule has 1 aromatic heterocycles. The van der Waals surface area contributed by atoms with Crippen molar-refractivity contribution in [2.24, 2.45) is 5.84 Å². The van der Waals surface area contributed by atoms with Crippen molar-refractivity contribution >= 4 is 46.2 Å². The first-order valence-electron chi connectivity index (χ1n) is 6.04. The van der Waals surface area contributed by atoms with Crippen LogP contribution in [0.4, 0.5) is 36.2 Å². The minimum Gasteiger partial charge on any atom is -0.397 e. The number of aromatic nitrogens is 2. The average molecular weight is 367 g/mol. The maximum atomic E-state index is 12.6. The van der Waals surface area contributed by atoms with Crippen LogP contribution in [0.15, 0.2) is 18.3 Å². The number of rotatable bonds is 3. The van der Waals surface area contributed by atoms with E-state index in [-0.39, 0.29) is 11.0 Å². The van der Waals surface area contributed by atoms with Gasteiger partial charge in [-0.15, -0.1) is 0 Å². The lowest BCUT2D eigenvalue weighted by atomic mass is 10.2. The third kappa shape index (κ3) is 3.87. The van der Waals surface area contributed by atoms with Crippen molar-refractivity contribution in [1.82, 2.24) is 9.97 Å². The second kappa shape index (κ2) is 6.26. The highest BCUT2D eigenvalue weighted by Gasteiger charge is 2.34. The summed E-state index contributed by atoms with van der Waals surface area (Å²) in [7, 11) is 1.58. The lowest BCUT2D eigenvalue weighted by Gasteiger charge is -2.17. The van der Waals surface area contributed by atoms with Crippen LogP contribution < -0.4 is 21.9 Å². The van der Waals surface area contributed by atoms with Crippen molar-refractivity contribution in [3.63, 3.8) is 0 Å². The second-order valence-electron chi connectivity index (χ2n) is 4.52. The number of nitrogen functional groups attached to an aromatic ring is 1. The van der Waals surface area contributed by atoms with Crippen molar-refractivity contribution < 1.29 is 13.2 Å². The van der Waals surface area contributed by atoms with E-state index in [2.05, 4.69) is 15.3 Å². The molecule has 0 saturated heterocycles. The molecule has 0 amide bonds. The van der Waals surface area contributed by atoms with Gasteiger partial charge in [0.15, 0.2) is 0 Å². The molecule has 6 nitrogen and oxygen atoms in total. The third-order valence-corrected chi connectivity index (χ3v) is 3.39. The Kier molecular flexibility index (Phi) is 4.73. The average Bonchev–Trinajstić information content (AvgIpc) is 2.40. The molecule has 23 heavy (non-hydrogen) atoms. The van der Waals surface area contributed by atoms with E-state index in [9.17, 15) is 13.2 Å². The number of alkyl halides is 3. The molecule has 5 N–H and O–H groups in total. The van der Waals surface area contributed by atoms with Gasteiger partial charge in [0.2, 0.25) is 5.95 Å². The molecule has 2 aromatic rings. The minimum absolute atomic E-state index is 0.154. The zero-order chi connectivity index (χ0) is 17.4. The standard InChI is InChI=1S/C12H11Cl2F3N6/c1-23(19)9-2-6(13)8(3-7(9)18)21-11-20-4-5(10(14)22-11)12(15,16)17/h2-4H,18-19H2,1H3,(H,20,21,22). The summed E-state index contributed by atoms with van der Waals surface area (Å²) in [5.74, 6) is 5.43. The Hall–Kier alpha value is -1.97. The zero-order valence-electron chi connectivity index (χ0n) is 11.6. The van der Waals surface area contributed by atoms with Crippen molar-refractivity contribution in [3.8, 4) is 0 Å². The van der Waals surface area contributed by atoms with Crippen LogP contribution in [0.2, 0.25) is 10.2 Å². The van der Waals surface area contributed by atoms with E-state index in [1.165, 1.54) is 17.1 Å². The van der Waals surface area contributed by atoms with Gasteiger partial charge in [0.25, 0.3) is 0 Å². The van der Waals surface area contributed by atoms with Gasteiger partial charge < -0.3 is 16.1 Å². The number of nitrogens with zero attached hydrogens (tertiary/aromatic N) is 3. The first kappa shape index (κ1) is 17.4. The van der Waals surface area contributed by atoms with Crippen molar-refractivity contribution in [2.45, 2.75) is 6.18 Å². The van der Waals surface area contributed by atoms with Gasteiger partial charge in [0, 0.05) is 13.2 Å². The van der Waals surface area contributed by atoms with Gasteiger partial charge in [-0.05, 0) is 12.1 Å². The highest BCUT2D eigenvalue weighted by Crippen LogP contribution is 2.35. The Morgan fingerprint density at radius 3 is 2.43 bits per heavy atom. The van der Waals surface area contributed by atoms with Crippen LogP contribution >= 0.6 is 23.2 Å². The van der Waals surface area contributed by atoms with Crippen LogP contribution in [0, 0.1) is 0 Å². The third-order valence-electron chi connectivity index (χ3n) is 2.79. The molecule has 0 fully saturated rings. The fourth-order valence-electron chi connectivity index (χ4n) is 1.71. The SMILES string of the molecule is CN(N)c1cc(Cl)c(Nc2ncc(C(F)(F)F)c(Cl)n2)cc1N. The summed E-state index contributed by atoms with van der Waals surface area (Å²) in [5.41, 5.74) is 5.77. The van der Waals surface area contributed by atoms with Gasteiger partial charge in [-0.3, -0.25) is 0 Å². The van der Waals surface area contributed by atoms with Crippen LogP contribution in [-0.4, -0.2) is 17.0 Å². The fraction of sp³-hybridized carbons (Fsp3) is 0.167. The Morgan fingerprint density at radius 1 is 1.26 bits per heavy atom. The zero-order valence-corrected chi connectivity index (χ0v) is 13.1. The Balaban J connectivity index is 2.33. The molecule has 0 aliphatic carbocycles. The predicted molar refractivity (Wildman–Crippen MR) is 83.8 cm³/mol. The lowest BCUT2D eigenvalue weighted by Crippen LogP contribution is -2.26. The number of benzene rings is 1. The monoisotopic (exact) mass is 366 g/mol. The number of hydrazine groups is 1. The topological polar surface area (TPSA) is 93.1 Å². The highest BCUT2D eigenvalue weighted by atomic mass is 35.5. The predicted octanol–water partition coefficient (Wildman–Crippen LogP) is 3.44. The molecule has 0 atom stereocenters. The Bertz CT molecular complexity index is 735. The van der Waals surface area contributed by atoms with Gasteiger partial charge in [0.1, 0.15) is 10.7 Å². The molecular weight excluding hydrogens is 356 g/mol. The molecule has 0 unspecified atom stereocenters. The van der Waals surface area contributed by atoms with Gasteiger partial charge >= 0.3 is 6.18 Å². The summed E-state index contributed by atoms with van der Waals surface area (Å²) >= 11 is 11.6. The van der Waals surface area contributed by atoms with Gasteiger partial charge in [-0.2, -0.15) is 13.2 Å². The molecule has 1 aromatic carbocycles. The fourth-order valence-corrected chi connectivity index (χ4v) is 2.15. The molecule has 0 aliphatic rings. The maximum Gasteiger partial charge on any atom is 0.420 e. The molecule has 0 spiro atoms. The summed E-state index contributed by atoms with van der Waals surface area (Å²) in [6, 6.07) is 2.95. The van der Waals surface area contributed by atoms with E-state index < -0.39 is 16.9 Å². The number of hydrogen-bond donors (Lipinski definition) is 3. The first-order chi connectivity index (χ1) is 10.6. The van der Waals surface area contributed by atoms with Gasteiger partial charge in [-0.25, -0.2) is 15.8 Å². The van der Waals surface area contributed by atoms with Crippen LogP contribution in [0.1, 0.15) is 5.56 Å². The number of nitrogens with two attached hydrogens (primary N) is 2. The minimum atomic E-state index is -4.63. The molecule has 0 bridgehead atoms. The maximum absolute atomic E-state index is 12.6. The van der Waals surface area contributed by atoms with E-state index in [1.807, 2.05) is 0 Å². The van der Waals surface area contributed by atoms with Crippen LogP contribution in [0.3, 0.4) is 0 Å². The highest BCUT2D eigenvalue weighted by molar-refractivity contribution is 6.34. The molecule has 0 aliphatic heterocycles. The number of hydrogen-bond acceptors (Lipinski definition) is 6. The van der Waals surface area contributed by atoms with E-state index in [1.54, 1.807) is 7.05 Å². The van der Waals surface area contributed by atoms with E-state index in [0.29, 0.717) is 23.3 Å².